The minimum atomic E-state index is -0.370. The average molecular weight is 196 g/mol. The number of amides is 1. The van der Waals surface area contributed by atoms with Gasteiger partial charge >= 0.3 is 12.1 Å². The van der Waals surface area contributed by atoms with Crippen molar-refractivity contribution in [2.45, 2.75) is 25.8 Å². The number of anilines is 1. The molecule has 1 atom stereocenters. The highest BCUT2D eigenvalue weighted by atomic mass is 16.6. The van der Waals surface area contributed by atoms with E-state index in [1.54, 1.807) is 0 Å². The average Bonchev–Trinajstić information content (AvgIpc) is 2.76. The molecule has 76 valence electrons. The largest absolute Gasteiger partial charge is 0.447 e. The molecule has 5 nitrogen and oxygen atoms in total. The summed E-state index contributed by atoms with van der Waals surface area (Å²) in [7, 11) is 0. The van der Waals surface area contributed by atoms with E-state index in [4.69, 9.17) is 9.15 Å². The predicted molar refractivity (Wildman–Crippen MR) is 49.0 cm³/mol. The molecule has 1 saturated heterocycles. The number of aromatic nitrogens is 1. The Bertz CT molecular complexity index is 310. The van der Waals surface area contributed by atoms with Gasteiger partial charge in [0.05, 0.1) is 12.2 Å². The number of carbonyl (C=O) groups is 1. The lowest BCUT2D eigenvalue weighted by Gasteiger charge is -2.15. The molecule has 0 aromatic carbocycles. The summed E-state index contributed by atoms with van der Waals surface area (Å²) >= 11 is 0. The Balaban J connectivity index is 2.17. The Kier molecular flexibility index (Phi) is 2.39. The molecule has 1 fully saturated rings. The maximum absolute atomic E-state index is 11.4. The van der Waals surface area contributed by atoms with E-state index in [0.717, 1.165) is 12.8 Å². The SMILES string of the molecule is CCC[C@@H]1COC(=O)N1c1ncco1. The third kappa shape index (κ3) is 1.45. The van der Waals surface area contributed by atoms with Gasteiger partial charge < -0.3 is 9.15 Å². The zero-order valence-electron chi connectivity index (χ0n) is 7.97. The van der Waals surface area contributed by atoms with Gasteiger partial charge in [-0.1, -0.05) is 13.3 Å². The molecule has 1 aliphatic rings. The van der Waals surface area contributed by atoms with E-state index in [1.807, 2.05) is 0 Å². The van der Waals surface area contributed by atoms with E-state index < -0.39 is 0 Å². The van der Waals surface area contributed by atoms with Crippen molar-refractivity contribution < 1.29 is 13.9 Å². The van der Waals surface area contributed by atoms with Crippen LogP contribution in [0.4, 0.5) is 10.8 Å². The van der Waals surface area contributed by atoms with Gasteiger partial charge in [0, 0.05) is 0 Å². The molecule has 1 aromatic rings. The van der Waals surface area contributed by atoms with E-state index in [-0.39, 0.29) is 12.1 Å². The minimum absolute atomic E-state index is 0.0612. The van der Waals surface area contributed by atoms with E-state index in [1.165, 1.54) is 17.4 Å². The number of hydrogen-bond donors (Lipinski definition) is 0. The van der Waals surface area contributed by atoms with Gasteiger partial charge in [-0.3, -0.25) is 0 Å². The maximum atomic E-state index is 11.4. The zero-order chi connectivity index (χ0) is 9.97. The summed E-state index contributed by atoms with van der Waals surface area (Å²) in [6, 6.07) is 0.386. The summed E-state index contributed by atoms with van der Waals surface area (Å²) in [6.45, 7) is 2.49. The lowest BCUT2D eigenvalue weighted by Crippen LogP contribution is -2.33. The quantitative estimate of drug-likeness (QED) is 0.739. The molecule has 0 saturated carbocycles. The van der Waals surface area contributed by atoms with Gasteiger partial charge in [-0.05, 0) is 6.42 Å². The summed E-state index contributed by atoms with van der Waals surface area (Å²) < 4.78 is 10.0. The van der Waals surface area contributed by atoms with Crippen molar-refractivity contribution in [1.82, 2.24) is 4.98 Å². The molecule has 0 bridgehead atoms. The molecule has 0 N–H and O–H groups in total. The lowest BCUT2D eigenvalue weighted by atomic mass is 10.2. The Morgan fingerprint density at radius 2 is 2.57 bits per heavy atom. The van der Waals surface area contributed by atoms with Crippen LogP contribution in [0.3, 0.4) is 0 Å². The fraction of sp³-hybridized carbons (Fsp3) is 0.556. The van der Waals surface area contributed by atoms with Crippen molar-refractivity contribution in [2.24, 2.45) is 0 Å². The topological polar surface area (TPSA) is 55.6 Å². The number of oxazole rings is 1. The standard InChI is InChI=1S/C9H12N2O3/c1-2-3-7-6-14-9(12)11(7)8-10-4-5-13-8/h4-5,7H,2-3,6H2,1H3/t7-/m1/s1. The molecular weight excluding hydrogens is 184 g/mol. The van der Waals surface area contributed by atoms with Crippen LogP contribution in [0.15, 0.2) is 16.9 Å². The van der Waals surface area contributed by atoms with Crippen LogP contribution >= 0.6 is 0 Å². The molecule has 0 aliphatic carbocycles. The number of carbonyl (C=O) groups excluding carboxylic acids is 1. The smallest absolute Gasteiger partial charge is 0.418 e. The second-order valence-electron chi connectivity index (χ2n) is 3.20. The maximum Gasteiger partial charge on any atom is 0.418 e. The predicted octanol–water partition coefficient (Wildman–Crippen LogP) is 1.80. The van der Waals surface area contributed by atoms with Gasteiger partial charge in [-0.2, -0.15) is 0 Å². The van der Waals surface area contributed by atoms with Gasteiger partial charge in [0.15, 0.2) is 0 Å². The normalized spacial score (nSPS) is 21.4. The van der Waals surface area contributed by atoms with Crippen molar-refractivity contribution in [1.29, 1.82) is 0 Å². The highest BCUT2D eigenvalue weighted by molar-refractivity contribution is 5.87. The molecule has 0 unspecified atom stereocenters. The van der Waals surface area contributed by atoms with Crippen molar-refractivity contribution in [3.05, 3.63) is 12.5 Å². The summed E-state index contributed by atoms with van der Waals surface area (Å²) in [4.78, 5) is 16.8. The number of cyclic esters (lactones) is 1. The Labute approximate surface area is 81.7 Å². The fourth-order valence-electron chi connectivity index (χ4n) is 1.58. The molecule has 0 radical (unpaired) electrons. The Hall–Kier alpha value is -1.52. The van der Waals surface area contributed by atoms with E-state index >= 15 is 0 Å². The van der Waals surface area contributed by atoms with Gasteiger partial charge in [0.25, 0.3) is 0 Å². The zero-order valence-corrected chi connectivity index (χ0v) is 7.97. The summed E-state index contributed by atoms with van der Waals surface area (Å²) in [5.41, 5.74) is 0. The van der Waals surface area contributed by atoms with Crippen LogP contribution in [0.5, 0.6) is 0 Å². The van der Waals surface area contributed by atoms with Crippen LogP contribution in [-0.4, -0.2) is 23.7 Å². The minimum Gasteiger partial charge on any atom is -0.447 e. The van der Waals surface area contributed by atoms with Crippen LogP contribution in [0.1, 0.15) is 19.8 Å². The highest BCUT2D eigenvalue weighted by Crippen LogP contribution is 2.23. The molecule has 1 aliphatic heterocycles. The van der Waals surface area contributed by atoms with Gasteiger partial charge in [-0.25, -0.2) is 14.7 Å². The van der Waals surface area contributed by atoms with Crippen molar-refractivity contribution in [3.8, 4) is 0 Å². The van der Waals surface area contributed by atoms with Gasteiger partial charge in [0.1, 0.15) is 12.9 Å². The Morgan fingerprint density at radius 3 is 3.21 bits per heavy atom. The van der Waals surface area contributed by atoms with Crippen LogP contribution < -0.4 is 4.90 Å². The number of rotatable bonds is 3. The lowest BCUT2D eigenvalue weighted by molar-refractivity contribution is 0.178. The summed E-state index contributed by atoms with van der Waals surface area (Å²) in [6.07, 6.45) is 4.49. The molecule has 2 rings (SSSR count). The molecule has 5 heteroatoms. The van der Waals surface area contributed by atoms with Crippen molar-refractivity contribution in [2.75, 3.05) is 11.5 Å². The second kappa shape index (κ2) is 3.69. The fourth-order valence-corrected chi connectivity index (χ4v) is 1.58. The first-order chi connectivity index (χ1) is 6.83. The molecule has 1 aromatic heterocycles. The molecule has 1 amide bonds. The second-order valence-corrected chi connectivity index (χ2v) is 3.20. The first-order valence-electron chi connectivity index (χ1n) is 4.68. The van der Waals surface area contributed by atoms with Crippen LogP contribution in [-0.2, 0) is 4.74 Å². The molecule has 14 heavy (non-hydrogen) atoms. The van der Waals surface area contributed by atoms with Crippen molar-refractivity contribution >= 4 is 12.1 Å². The highest BCUT2D eigenvalue weighted by Gasteiger charge is 2.36. The number of ether oxygens (including phenoxy) is 1. The van der Waals surface area contributed by atoms with Gasteiger partial charge in [-0.15, -0.1) is 0 Å². The van der Waals surface area contributed by atoms with E-state index in [0.29, 0.717) is 12.6 Å². The van der Waals surface area contributed by atoms with Crippen LogP contribution in [0.25, 0.3) is 0 Å². The van der Waals surface area contributed by atoms with Crippen molar-refractivity contribution in [3.63, 3.8) is 0 Å². The Morgan fingerprint density at radius 1 is 1.71 bits per heavy atom. The first kappa shape index (κ1) is 9.05. The third-order valence-electron chi connectivity index (χ3n) is 2.21. The van der Waals surface area contributed by atoms with E-state index in [2.05, 4.69) is 11.9 Å². The third-order valence-corrected chi connectivity index (χ3v) is 2.21. The molecule has 2 heterocycles. The summed E-state index contributed by atoms with van der Waals surface area (Å²) in [5, 5.41) is 0. The number of nitrogens with zero attached hydrogens (tertiary/aromatic N) is 2. The van der Waals surface area contributed by atoms with Crippen LogP contribution in [0, 0.1) is 0 Å². The number of hydrogen-bond acceptors (Lipinski definition) is 4. The van der Waals surface area contributed by atoms with Crippen LogP contribution in [0.2, 0.25) is 0 Å². The van der Waals surface area contributed by atoms with Gasteiger partial charge in [0.2, 0.25) is 0 Å². The van der Waals surface area contributed by atoms with E-state index in [9.17, 15) is 4.79 Å². The summed E-state index contributed by atoms with van der Waals surface area (Å²) in [5.74, 6) is 0. The monoisotopic (exact) mass is 196 g/mol. The molecule has 0 spiro atoms. The molecular formula is C9H12N2O3. The first-order valence-corrected chi connectivity index (χ1v) is 4.68.